The zero-order valence-electron chi connectivity index (χ0n) is 14.6. The van der Waals surface area contributed by atoms with Gasteiger partial charge in [0.2, 0.25) is 0 Å². The second-order valence-corrected chi connectivity index (χ2v) is 6.16. The summed E-state index contributed by atoms with van der Waals surface area (Å²) in [5.41, 5.74) is 2.76. The van der Waals surface area contributed by atoms with E-state index in [0.717, 1.165) is 27.9 Å². The molecule has 0 saturated carbocycles. The summed E-state index contributed by atoms with van der Waals surface area (Å²) in [7, 11) is 0. The van der Waals surface area contributed by atoms with Crippen molar-refractivity contribution in [3.63, 3.8) is 0 Å². The number of hydrogen-bond acceptors (Lipinski definition) is 6. The Balaban J connectivity index is 1.56. The first-order chi connectivity index (χ1) is 12.5. The lowest BCUT2D eigenvalue weighted by molar-refractivity contribution is 0.0913. The third-order valence-electron chi connectivity index (χ3n) is 4.12. The molecule has 3 aromatic heterocycles. The van der Waals surface area contributed by atoms with Crippen LogP contribution in [0.3, 0.4) is 0 Å². The number of aromatic nitrogens is 2. The van der Waals surface area contributed by atoms with Crippen LogP contribution < -0.4 is 5.32 Å². The predicted molar refractivity (Wildman–Crippen MR) is 93.6 cm³/mol. The van der Waals surface area contributed by atoms with E-state index >= 15 is 0 Å². The Hall–Kier alpha value is -3.35. The second kappa shape index (κ2) is 6.18. The average molecular weight is 351 g/mol. The minimum Gasteiger partial charge on any atom is -0.465 e. The molecule has 4 rings (SSSR count). The molecule has 0 atom stereocenters. The maximum absolute atomic E-state index is 12.2. The Morgan fingerprint density at radius 3 is 2.65 bits per heavy atom. The molecule has 1 N–H and O–H groups in total. The zero-order valence-corrected chi connectivity index (χ0v) is 14.6. The van der Waals surface area contributed by atoms with E-state index in [-0.39, 0.29) is 18.3 Å². The molecule has 0 unspecified atom stereocenters. The van der Waals surface area contributed by atoms with Gasteiger partial charge in [-0.05, 0) is 45.0 Å². The lowest BCUT2D eigenvalue weighted by atomic mass is 10.1. The number of carbonyl (C=O) groups is 1. The molecule has 0 aliphatic heterocycles. The molecule has 132 valence electrons. The number of furan rings is 2. The van der Waals surface area contributed by atoms with Crippen molar-refractivity contribution >= 4 is 16.9 Å². The highest BCUT2D eigenvalue weighted by Crippen LogP contribution is 2.32. The van der Waals surface area contributed by atoms with Gasteiger partial charge in [-0.25, -0.2) is 0 Å². The number of nitrogens with zero attached hydrogens (tertiary/aromatic N) is 2. The minimum absolute atomic E-state index is 0.126. The summed E-state index contributed by atoms with van der Waals surface area (Å²) < 4.78 is 16.7. The van der Waals surface area contributed by atoms with Crippen LogP contribution >= 0.6 is 0 Å². The fraction of sp³-hybridized carbons (Fsp3) is 0.211. The number of amides is 1. The van der Waals surface area contributed by atoms with E-state index < -0.39 is 5.91 Å². The van der Waals surface area contributed by atoms with Gasteiger partial charge >= 0.3 is 11.8 Å². The monoisotopic (exact) mass is 351 g/mol. The van der Waals surface area contributed by atoms with Gasteiger partial charge in [-0.15, -0.1) is 10.2 Å². The molecular weight excluding hydrogens is 334 g/mol. The predicted octanol–water partition coefficient (Wildman–Crippen LogP) is 3.93. The van der Waals surface area contributed by atoms with Crippen molar-refractivity contribution in [2.24, 2.45) is 0 Å². The van der Waals surface area contributed by atoms with Crippen LogP contribution in [0, 0.1) is 20.8 Å². The van der Waals surface area contributed by atoms with E-state index in [0.29, 0.717) is 11.5 Å². The number of carbonyl (C=O) groups excluding carboxylic acids is 1. The van der Waals surface area contributed by atoms with Gasteiger partial charge in [-0.2, -0.15) is 0 Å². The van der Waals surface area contributed by atoms with E-state index in [2.05, 4.69) is 15.5 Å². The number of benzene rings is 1. The first kappa shape index (κ1) is 16.1. The van der Waals surface area contributed by atoms with Crippen molar-refractivity contribution < 1.29 is 18.0 Å². The highest BCUT2D eigenvalue weighted by molar-refractivity contribution is 5.90. The summed E-state index contributed by atoms with van der Waals surface area (Å²) in [6.45, 7) is 6.02. The second-order valence-electron chi connectivity index (χ2n) is 6.16. The van der Waals surface area contributed by atoms with Crippen molar-refractivity contribution in [2.75, 3.05) is 0 Å². The maximum Gasteiger partial charge on any atom is 0.309 e. The quantitative estimate of drug-likeness (QED) is 0.598. The van der Waals surface area contributed by atoms with E-state index in [4.69, 9.17) is 13.3 Å². The first-order valence-corrected chi connectivity index (χ1v) is 8.18. The van der Waals surface area contributed by atoms with Crippen LogP contribution in [0.2, 0.25) is 0 Å². The van der Waals surface area contributed by atoms with Gasteiger partial charge in [0, 0.05) is 10.9 Å². The van der Waals surface area contributed by atoms with Crippen LogP contribution in [0.5, 0.6) is 0 Å². The van der Waals surface area contributed by atoms with Crippen molar-refractivity contribution in [3.05, 3.63) is 58.9 Å². The summed E-state index contributed by atoms with van der Waals surface area (Å²) >= 11 is 0. The molecule has 7 heteroatoms. The third-order valence-corrected chi connectivity index (χ3v) is 4.12. The number of hydrogen-bond donors (Lipinski definition) is 1. The summed E-state index contributed by atoms with van der Waals surface area (Å²) in [6.07, 6.45) is 0. The molecule has 0 aliphatic carbocycles. The molecule has 0 fully saturated rings. The topological polar surface area (TPSA) is 94.3 Å². The van der Waals surface area contributed by atoms with Crippen LogP contribution in [0.1, 0.15) is 33.3 Å². The summed E-state index contributed by atoms with van der Waals surface area (Å²) in [6, 6.07) is 9.54. The van der Waals surface area contributed by atoms with Gasteiger partial charge in [0.05, 0.1) is 6.54 Å². The maximum atomic E-state index is 12.2. The fourth-order valence-corrected chi connectivity index (χ4v) is 2.77. The lowest BCUT2D eigenvalue weighted by Crippen LogP contribution is -2.22. The molecule has 0 aliphatic rings. The summed E-state index contributed by atoms with van der Waals surface area (Å²) in [5, 5.41) is 11.4. The molecule has 0 radical (unpaired) electrons. The molecule has 7 nitrogen and oxygen atoms in total. The highest BCUT2D eigenvalue weighted by atomic mass is 16.4. The van der Waals surface area contributed by atoms with Crippen LogP contribution in [0.15, 0.2) is 43.6 Å². The lowest BCUT2D eigenvalue weighted by Gasteiger charge is -1.98. The molecular formula is C19H17N3O4. The van der Waals surface area contributed by atoms with Crippen molar-refractivity contribution in [1.82, 2.24) is 15.5 Å². The van der Waals surface area contributed by atoms with Gasteiger partial charge in [-0.3, -0.25) is 4.79 Å². The fourth-order valence-electron chi connectivity index (χ4n) is 2.77. The van der Waals surface area contributed by atoms with Gasteiger partial charge < -0.3 is 18.6 Å². The van der Waals surface area contributed by atoms with Crippen molar-refractivity contribution in [3.8, 4) is 11.7 Å². The van der Waals surface area contributed by atoms with E-state index in [1.165, 1.54) is 0 Å². The van der Waals surface area contributed by atoms with Crippen LogP contribution in [0.25, 0.3) is 22.6 Å². The normalized spacial score (nSPS) is 11.2. The van der Waals surface area contributed by atoms with Gasteiger partial charge in [0.25, 0.3) is 5.89 Å². The molecule has 1 amide bonds. The number of fused-ring (bicyclic) bond motifs is 1. The number of aryl methyl sites for hydroxylation is 3. The van der Waals surface area contributed by atoms with Gasteiger partial charge in [0.15, 0.2) is 5.76 Å². The SMILES string of the molecule is Cc1ccc2oc(-c3nnc(C(=O)NCc4ccc(C)o4)o3)c(C)c2c1. The minimum atomic E-state index is -0.470. The van der Waals surface area contributed by atoms with Crippen molar-refractivity contribution in [2.45, 2.75) is 27.3 Å². The van der Waals surface area contributed by atoms with E-state index in [9.17, 15) is 4.79 Å². The molecule has 26 heavy (non-hydrogen) atoms. The van der Waals surface area contributed by atoms with Crippen LogP contribution in [-0.2, 0) is 6.54 Å². The Labute approximate surface area is 149 Å². The van der Waals surface area contributed by atoms with Crippen LogP contribution in [0.4, 0.5) is 0 Å². The Morgan fingerprint density at radius 2 is 1.88 bits per heavy atom. The van der Waals surface area contributed by atoms with Crippen molar-refractivity contribution in [1.29, 1.82) is 0 Å². The smallest absolute Gasteiger partial charge is 0.309 e. The first-order valence-electron chi connectivity index (χ1n) is 8.18. The largest absolute Gasteiger partial charge is 0.465 e. The number of rotatable bonds is 4. The van der Waals surface area contributed by atoms with Gasteiger partial charge in [0.1, 0.15) is 17.1 Å². The summed E-state index contributed by atoms with van der Waals surface area (Å²) in [4.78, 5) is 12.2. The van der Waals surface area contributed by atoms with E-state index in [1.807, 2.05) is 45.0 Å². The molecule has 0 spiro atoms. The zero-order chi connectivity index (χ0) is 18.3. The Bertz CT molecular complexity index is 1100. The molecule has 0 saturated heterocycles. The summed E-state index contributed by atoms with van der Waals surface area (Å²) in [5.74, 6) is 1.49. The highest BCUT2D eigenvalue weighted by Gasteiger charge is 2.21. The van der Waals surface area contributed by atoms with E-state index in [1.54, 1.807) is 6.07 Å². The Morgan fingerprint density at radius 1 is 1.04 bits per heavy atom. The van der Waals surface area contributed by atoms with Crippen LogP contribution in [-0.4, -0.2) is 16.1 Å². The number of nitrogens with one attached hydrogen (secondary N) is 1. The third kappa shape index (κ3) is 2.88. The molecule has 0 bridgehead atoms. The molecule has 1 aromatic carbocycles. The van der Waals surface area contributed by atoms with Gasteiger partial charge in [-0.1, -0.05) is 11.6 Å². The molecule has 3 heterocycles. The molecule has 4 aromatic rings. The average Bonchev–Trinajstić information content (AvgIpc) is 3.33. The standard InChI is InChI=1S/C19H17N3O4/c1-10-4-7-15-14(8-10)12(3)16(25-15)18-21-22-19(26-18)17(23)20-9-13-6-5-11(2)24-13/h4-8H,9H2,1-3H3,(H,20,23). The Kier molecular flexibility index (Phi) is 3.84.